The zero-order chi connectivity index (χ0) is 29.6. The van der Waals surface area contributed by atoms with Crippen LogP contribution in [0, 0.1) is 27.7 Å². The second kappa shape index (κ2) is 9.99. The Balaban J connectivity index is 1.48. The van der Waals surface area contributed by atoms with Crippen LogP contribution in [0.5, 0.6) is 0 Å². The van der Waals surface area contributed by atoms with E-state index in [9.17, 15) is 0 Å². The molecule has 2 atom stereocenters. The summed E-state index contributed by atoms with van der Waals surface area (Å²) in [5, 5.41) is 3.77. The van der Waals surface area contributed by atoms with Gasteiger partial charge in [-0.25, -0.2) is 0 Å². The van der Waals surface area contributed by atoms with Gasteiger partial charge in [0.25, 0.3) is 0 Å². The monoisotopic (exact) mass is 732 g/mol. The molecule has 2 unspecified atom stereocenters. The molecular formula is C40H44HfSi. The first kappa shape index (κ1) is 28.2. The van der Waals surface area contributed by atoms with Crippen molar-refractivity contribution in [3.05, 3.63) is 128 Å². The Morgan fingerprint density at radius 3 is 1.33 bits per heavy atom. The molecule has 0 radical (unpaired) electrons. The molecule has 212 valence electrons. The van der Waals surface area contributed by atoms with Crippen molar-refractivity contribution in [2.24, 2.45) is 0 Å². The van der Waals surface area contributed by atoms with E-state index in [-0.39, 0.29) is 0 Å². The molecule has 42 heavy (non-hydrogen) atoms. The molecule has 3 aliphatic rings. The van der Waals surface area contributed by atoms with Crippen LogP contribution in [0.15, 0.2) is 83.2 Å². The Labute approximate surface area is 258 Å². The van der Waals surface area contributed by atoms with Crippen molar-refractivity contribution in [3.63, 3.8) is 0 Å². The van der Waals surface area contributed by atoms with E-state index < -0.39 is 28.0 Å². The normalized spacial score (nSPS) is 20.8. The van der Waals surface area contributed by atoms with Gasteiger partial charge in [0.15, 0.2) is 0 Å². The van der Waals surface area contributed by atoms with E-state index >= 15 is 0 Å². The average Bonchev–Trinajstić information content (AvgIpc) is 3.58. The molecular weight excluding hydrogens is 687 g/mol. The summed E-state index contributed by atoms with van der Waals surface area (Å²) < 4.78 is 6.96. The zero-order valence-corrected chi connectivity index (χ0v) is 31.2. The van der Waals surface area contributed by atoms with Crippen molar-refractivity contribution in [1.82, 2.24) is 0 Å². The molecule has 0 bridgehead atoms. The number of aryl methyl sites for hydroxylation is 2. The van der Waals surface area contributed by atoms with Crippen LogP contribution in [0.4, 0.5) is 0 Å². The second-order valence-electron chi connectivity index (χ2n) is 13.8. The van der Waals surface area contributed by atoms with Crippen molar-refractivity contribution in [2.45, 2.75) is 70.3 Å². The van der Waals surface area contributed by atoms with Crippen LogP contribution in [0.25, 0.3) is 34.4 Å². The van der Waals surface area contributed by atoms with Gasteiger partial charge in [0.1, 0.15) is 0 Å². The van der Waals surface area contributed by atoms with E-state index in [0.29, 0.717) is 7.35 Å². The molecule has 0 spiro atoms. The van der Waals surface area contributed by atoms with Crippen LogP contribution in [-0.4, -0.2) is 8.07 Å². The first-order chi connectivity index (χ1) is 20.2. The van der Waals surface area contributed by atoms with Crippen molar-refractivity contribution in [2.75, 3.05) is 0 Å². The second-order valence-corrected chi connectivity index (χ2v) is 35.8. The third-order valence-electron chi connectivity index (χ3n) is 11.7. The molecule has 4 aromatic rings. The molecule has 0 nitrogen and oxygen atoms in total. The summed E-state index contributed by atoms with van der Waals surface area (Å²) in [6, 6.07) is 30.8. The van der Waals surface area contributed by atoms with Crippen molar-refractivity contribution in [3.8, 4) is 22.3 Å². The summed E-state index contributed by atoms with van der Waals surface area (Å²) in [7, 11) is -1.89. The topological polar surface area (TPSA) is 0 Å². The molecule has 0 saturated carbocycles. The van der Waals surface area contributed by atoms with Gasteiger partial charge in [-0.3, -0.25) is 0 Å². The summed E-state index contributed by atoms with van der Waals surface area (Å²) in [4.78, 5) is 0. The summed E-state index contributed by atoms with van der Waals surface area (Å²) in [6.07, 6.45) is 5.51. The van der Waals surface area contributed by atoms with Gasteiger partial charge in [-0.05, 0) is 0 Å². The molecule has 1 fully saturated rings. The maximum absolute atomic E-state index is 3.04. The number of hydrogen-bond donors (Lipinski definition) is 0. The predicted molar refractivity (Wildman–Crippen MR) is 183 cm³/mol. The fourth-order valence-corrected chi connectivity index (χ4v) is 41.1. The Hall–Kier alpha value is -2.55. The van der Waals surface area contributed by atoms with E-state index in [4.69, 9.17) is 0 Å². The summed E-state index contributed by atoms with van der Waals surface area (Å²) >= 11 is -3.04. The fourth-order valence-electron chi connectivity index (χ4n) is 9.19. The molecule has 1 saturated heterocycles. The fraction of sp³-hybridized carbons (Fsp3) is 0.300. The third kappa shape index (κ3) is 3.73. The quantitative estimate of drug-likeness (QED) is 0.183. The van der Waals surface area contributed by atoms with Gasteiger partial charge < -0.3 is 0 Å². The van der Waals surface area contributed by atoms with E-state index in [2.05, 4.69) is 136 Å². The van der Waals surface area contributed by atoms with Crippen LogP contribution in [0.2, 0.25) is 21.4 Å². The van der Waals surface area contributed by atoms with E-state index in [1.165, 1.54) is 56.6 Å². The Kier molecular flexibility index (Phi) is 6.72. The van der Waals surface area contributed by atoms with Gasteiger partial charge in [-0.1, -0.05) is 0 Å². The molecule has 1 aliphatic heterocycles. The minimum absolute atomic E-state index is 0.682. The van der Waals surface area contributed by atoms with Gasteiger partial charge >= 0.3 is 260 Å². The average molecular weight is 731 g/mol. The van der Waals surface area contributed by atoms with E-state index in [1.807, 2.05) is 10.4 Å². The summed E-state index contributed by atoms with van der Waals surface area (Å²) in [6.45, 7) is 14.2. The molecule has 1 heterocycles. The summed E-state index contributed by atoms with van der Waals surface area (Å²) in [5.74, 6) is 0. The van der Waals surface area contributed by atoms with E-state index in [0.717, 1.165) is 0 Å². The number of hydrogen-bond acceptors (Lipinski definition) is 0. The molecule has 0 aromatic heterocycles. The molecule has 0 amide bonds. The standard InChI is InChI=1S/C38H38Si.2CH3.Hf/c1-7-39(8-2,31-21-29-15-11-19-35(37(29)23-31)33-17-9-13-25(3)27(33)5)32-22-30-16-12-20-36(38(30)24-32)34-18-10-14-26(4)28(34)6;;;/h9-24H,7-8H2,1-6H3;2*1H3;. The maximum atomic E-state index is 2.80. The number of rotatable bonds is 4. The molecule has 0 N–H and O–H groups in total. The number of benzene rings is 4. The van der Waals surface area contributed by atoms with Gasteiger partial charge in [0, 0.05) is 0 Å². The number of allylic oxidation sites excluding steroid dienone is 2. The minimum atomic E-state index is -3.04. The van der Waals surface area contributed by atoms with Gasteiger partial charge in [0.05, 0.1) is 0 Å². The van der Waals surface area contributed by atoms with Crippen molar-refractivity contribution < 1.29 is 20.0 Å². The Bertz CT molecular complexity index is 1700. The zero-order valence-electron chi connectivity index (χ0n) is 26.7. The van der Waals surface area contributed by atoms with Crippen LogP contribution in [-0.2, 0) is 20.0 Å². The molecule has 2 heteroatoms. The SMILES string of the molecule is CC[Si]1(CC)C2=Cc3c(-c4cccc(C)c4C)cccc3[CH]2[Hf]([CH3])([CH3])[CH]2C1=Cc1c(-c3cccc(C)c3C)cccc12. The first-order valence-electron chi connectivity index (χ1n) is 16.0. The van der Waals surface area contributed by atoms with Crippen LogP contribution in [0.3, 0.4) is 0 Å². The Morgan fingerprint density at radius 1 is 0.548 bits per heavy atom. The predicted octanol–water partition coefficient (Wildman–Crippen LogP) is 11.7. The summed E-state index contributed by atoms with van der Waals surface area (Å²) in [5.41, 5.74) is 17.8. The van der Waals surface area contributed by atoms with E-state index in [1.54, 1.807) is 22.3 Å². The number of fused-ring (bicyclic) bond motifs is 6. The first-order valence-corrected chi connectivity index (χ1v) is 29.7. The van der Waals surface area contributed by atoms with Gasteiger partial charge in [-0.15, -0.1) is 0 Å². The third-order valence-corrected chi connectivity index (χ3v) is 34.4. The molecule has 2 aliphatic carbocycles. The van der Waals surface area contributed by atoms with Crippen LogP contribution >= 0.6 is 0 Å². The van der Waals surface area contributed by atoms with Gasteiger partial charge in [-0.2, -0.15) is 0 Å². The Morgan fingerprint density at radius 2 is 0.929 bits per heavy atom. The van der Waals surface area contributed by atoms with Crippen LogP contribution < -0.4 is 0 Å². The molecule has 7 rings (SSSR count). The van der Waals surface area contributed by atoms with Crippen molar-refractivity contribution in [1.29, 1.82) is 0 Å². The van der Waals surface area contributed by atoms with Gasteiger partial charge in [0.2, 0.25) is 0 Å². The van der Waals surface area contributed by atoms with Crippen molar-refractivity contribution >= 4 is 20.2 Å². The molecule has 4 aromatic carbocycles. The van der Waals surface area contributed by atoms with Crippen LogP contribution in [0.1, 0.15) is 65.7 Å².